The first-order valence-corrected chi connectivity index (χ1v) is 2.79. The summed E-state index contributed by atoms with van der Waals surface area (Å²) in [5, 5.41) is 8.26. The average Bonchev–Trinajstić information content (AvgIpc) is 1.97. The van der Waals surface area contributed by atoms with Crippen molar-refractivity contribution in [2.45, 2.75) is 0 Å². The SMILES string of the molecule is C=CC#CC#CC=CCO. The van der Waals surface area contributed by atoms with Gasteiger partial charge in [0, 0.05) is 0 Å². The van der Waals surface area contributed by atoms with Crippen LogP contribution < -0.4 is 0 Å². The minimum absolute atomic E-state index is 0.0174. The van der Waals surface area contributed by atoms with Crippen molar-refractivity contribution in [2.75, 3.05) is 6.61 Å². The van der Waals surface area contributed by atoms with Gasteiger partial charge in [-0.2, -0.15) is 0 Å². The van der Waals surface area contributed by atoms with E-state index >= 15 is 0 Å². The molecule has 0 saturated carbocycles. The zero-order chi connectivity index (χ0) is 7.66. The molecule has 0 bridgehead atoms. The van der Waals surface area contributed by atoms with E-state index in [-0.39, 0.29) is 6.61 Å². The van der Waals surface area contributed by atoms with Crippen molar-refractivity contribution in [2.24, 2.45) is 0 Å². The molecule has 0 amide bonds. The Labute approximate surface area is 61.1 Å². The van der Waals surface area contributed by atoms with Gasteiger partial charge in [0.2, 0.25) is 0 Å². The Morgan fingerprint density at radius 1 is 1.30 bits per heavy atom. The fraction of sp³-hybridized carbons (Fsp3) is 0.111. The third-order valence-corrected chi connectivity index (χ3v) is 0.615. The van der Waals surface area contributed by atoms with Crippen molar-refractivity contribution in [1.82, 2.24) is 0 Å². The van der Waals surface area contributed by atoms with E-state index in [4.69, 9.17) is 5.11 Å². The van der Waals surface area contributed by atoms with Crippen molar-refractivity contribution < 1.29 is 5.11 Å². The number of hydrogen-bond acceptors (Lipinski definition) is 1. The van der Waals surface area contributed by atoms with Crippen LogP contribution in [-0.4, -0.2) is 11.7 Å². The fourth-order valence-electron chi connectivity index (χ4n) is 0.276. The minimum atomic E-state index is 0.0174. The van der Waals surface area contributed by atoms with Crippen molar-refractivity contribution >= 4 is 0 Å². The highest BCUT2D eigenvalue weighted by molar-refractivity contribution is 5.33. The van der Waals surface area contributed by atoms with Gasteiger partial charge in [-0.1, -0.05) is 24.5 Å². The standard InChI is InChI=1S/C9H8O/c1-2-3-4-5-6-7-8-9-10/h2,7-8,10H,1,9H2. The molecule has 0 saturated heterocycles. The second-order valence-corrected chi connectivity index (χ2v) is 1.33. The van der Waals surface area contributed by atoms with Gasteiger partial charge in [-0.15, -0.1) is 0 Å². The van der Waals surface area contributed by atoms with Gasteiger partial charge >= 0.3 is 0 Å². The minimum Gasteiger partial charge on any atom is -0.392 e. The van der Waals surface area contributed by atoms with Crippen LogP contribution in [0, 0.1) is 23.7 Å². The number of hydrogen-bond donors (Lipinski definition) is 1. The van der Waals surface area contributed by atoms with Gasteiger partial charge in [0.25, 0.3) is 0 Å². The van der Waals surface area contributed by atoms with Gasteiger partial charge in [-0.05, 0) is 24.0 Å². The van der Waals surface area contributed by atoms with Crippen molar-refractivity contribution in [1.29, 1.82) is 0 Å². The molecule has 0 fully saturated rings. The monoisotopic (exact) mass is 132 g/mol. The summed E-state index contributed by atoms with van der Waals surface area (Å²) in [7, 11) is 0. The van der Waals surface area contributed by atoms with Crippen LogP contribution in [0.25, 0.3) is 0 Å². The first-order valence-electron chi connectivity index (χ1n) is 2.79. The summed E-state index contributed by atoms with van der Waals surface area (Å²) in [6.45, 7) is 3.41. The Balaban J connectivity index is 3.70. The highest BCUT2D eigenvalue weighted by atomic mass is 16.2. The molecule has 0 aliphatic rings. The molecule has 50 valence electrons. The maximum atomic E-state index is 8.26. The quantitative estimate of drug-likeness (QED) is 0.521. The highest BCUT2D eigenvalue weighted by Crippen LogP contribution is 1.65. The Morgan fingerprint density at radius 2 is 2.00 bits per heavy atom. The predicted octanol–water partition coefficient (Wildman–Crippen LogP) is 0.728. The third-order valence-electron chi connectivity index (χ3n) is 0.615. The van der Waals surface area contributed by atoms with Crippen LogP contribution in [0.4, 0.5) is 0 Å². The summed E-state index contributed by atoms with van der Waals surface area (Å²) < 4.78 is 0. The Bertz CT molecular complexity index is 227. The molecule has 0 aliphatic carbocycles. The molecular weight excluding hydrogens is 124 g/mol. The van der Waals surface area contributed by atoms with E-state index in [0.717, 1.165) is 0 Å². The maximum Gasteiger partial charge on any atom is 0.0621 e. The van der Waals surface area contributed by atoms with Crippen LogP contribution in [0.5, 0.6) is 0 Å². The van der Waals surface area contributed by atoms with Crippen molar-refractivity contribution in [3.8, 4) is 23.7 Å². The van der Waals surface area contributed by atoms with Crippen LogP contribution in [0.3, 0.4) is 0 Å². The molecular formula is C9H8O. The molecule has 1 nitrogen and oxygen atoms in total. The lowest BCUT2D eigenvalue weighted by Gasteiger charge is -1.68. The second-order valence-electron chi connectivity index (χ2n) is 1.33. The summed E-state index contributed by atoms with van der Waals surface area (Å²) >= 11 is 0. The van der Waals surface area contributed by atoms with E-state index in [2.05, 4.69) is 30.3 Å². The normalized spacial score (nSPS) is 7.30. The molecule has 0 radical (unpaired) electrons. The summed E-state index contributed by atoms with van der Waals surface area (Å²) in [6.07, 6.45) is 4.57. The lowest BCUT2D eigenvalue weighted by Crippen LogP contribution is -1.67. The van der Waals surface area contributed by atoms with E-state index in [1.807, 2.05) is 0 Å². The third kappa shape index (κ3) is 6.56. The first kappa shape index (κ1) is 8.56. The number of allylic oxidation sites excluding steroid dienone is 2. The molecule has 0 heterocycles. The zero-order valence-electron chi connectivity index (χ0n) is 5.59. The second kappa shape index (κ2) is 7.56. The average molecular weight is 132 g/mol. The molecule has 1 heteroatoms. The topological polar surface area (TPSA) is 20.2 Å². The van der Waals surface area contributed by atoms with E-state index in [1.54, 1.807) is 12.2 Å². The Hall–Kier alpha value is -1.44. The van der Waals surface area contributed by atoms with Gasteiger partial charge in [0.15, 0.2) is 0 Å². The number of rotatable bonds is 1. The zero-order valence-corrected chi connectivity index (χ0v) is 5.59. The summed E-state index contributed by atoms with van der Waals surface area (Å²) in [4.78, 5) is 0. The molecule has 0 aromatic carbocycles. The van der Waals surface area contributed by atoms with Crippen LogP contribution in [-0.2, 0) is 0 Å². The Morgan fingerprint density at radius 3 is 2.60 bits per heavy atom. The number of aliphatic hydroxyl groups is 1. The summed E-state index contributed by atoms with van der Waals surface area (Å²) in [5.74, 6) is 10.3. The Kier molecular flexibility index (Phi) is 6.47. The smallest absolute Gasteiger partial charge is 0.0621 e. The van der Waals surface area contributed by atoms with E-state index in [1.165, 1.54) is 6.08 Å². The highest BCUT2D eigenvalue weighted by Gasteiger charge is 1.59. The van der Waals surface area contributed by atoms with E-state index in [0.29, 0.717) is 0 Å². The summed E-state index contributed by atoms with van der Waals surface area (Å²) in [6, 6.07) is 0. The first-order chi connectivity index (χ1) is 4.91. The molecule has 0 aliphatic heterocycles. The molecule has 0 aromatic rings. The number of aliphatic hydroxyl groups excluding tert-OH is 1. The van der Waals surface area contributed by atoms with Gasteiger partial charge in [-0.3, -0.25) is 0 Å². The van der Waals surface area contributed by atoms with Crippen LogP contribution in [0.2, 0.25) is 0 Å². The molecule has 0 unspecified atom stereocenters. The van der Waals surface area contributed by atoms with Crippen LogP contribution in [0.1, 0.15) is 0 Å². The largest absolute Gasteiger partial charge is 0.392 e. The van der Waals surface area contributed by atoms with Gasteiger partial charge in [0.05, 0.1) is 6.61 Å². The van der Waals surface area contributed by atoms with E-state index in [9.17, 15) is 0 Å². The van der Waals surface area contributed by atoms with E-state index < -0.39 is 0 Å². The van der Waals surface area contributed by atoms with Gasteiger partial charge < -0.3 is 5.11 Å². The lowest BCUT2D eigenvalue weighted by molar-refractivity contribution is 0.343. The van der Waals surface area contributed by atoms with Crippen molar-refractivity contribution in [3.63, 3.8) is 0 Å². The lowest BCUT2D eigenvalue weighted by atomic mass is 10.5. The van der Waals surface area contributed by atoms with Gasteiger partial charge in [0.1, 0.15) is 0 Å². The van der Waals surface area contributed by atoms with Crippen molar-refractivity contribution in [3.05, 3.63) is 24.8 Å². The van der Waals surface area contributed by atoms with Crippen LogP contribution >= 0.6 is 0 Å². The molecule has 0 rings (SSSR count). The predicted molar refractivity (Wildman–Crippen MR) is 42.0 cm³/mol. The maximum absolute atomic E-state index is 8.26. The fourth-order valence-corrected chi connectivity index (χ4v) is 0.276. The molecule has 0 atom stereocenters. The summed E-state index contributed by atoms with van der Waals surface area (Å²) in [5.41, 5.74) is 0. The van der Waals surface area contributed by atoms with Crippen LogP contribution in [0.15, 0.2) is 24.8 Å². The molecule has 0 aromatic heterocycles. The molecule has 10 heavy (non-hydrogen) atoms. The molecule has 1 N–H and O–H groups in total. The van der Waals surface area contributed by atoms with Gasteiger partial charge in [-0.25, -0.2) is 0 Å². The molecule has 0 spiro atoms.